The lowest BCUT2D eigenvalue weighted by Gasteiger charge is -2.26. The van der Waals surface area contributed by atoms with Crippen LogP contribution in [0.2, 0.25) is 0 Å². The minimum atomic E-state index is 1.11. The summed E-state index contributed by atoms with van der Waals surface area (Å²) in [5.41, 5.74) is 11.7. The van der Waals surface area contributed by atoms with Crippen molar-refractivity contribution < 1.29 is 0 Å². The van der Waals surface area contributed by atoms with Gasteiger partial charge in [0.1, 0.15) is 0 Å². The molecule has 1 heterocycles. The predicted octanol–water partition coefficient (Wildman–Crippen LogP) is 12.7. The van der Waals surface area contributed by atoms with Crippen LogP contribution >= 0.6 is 0 Å². The average molecular weight is 613 g/mol. The van der Waals surface area contributed by atoms with E-state index < -0.39 is 0 Å². The highest BCUT2D eigenvalue weighted by Gasteiger charge is 2.18. The van der Waals surface area contributed by atoms with Crippen molar-refractivity contribution >= 4 is 49.6 Å². The Morgan fingerprint density at radius 2 is 0.833 bits per heavy atom. The molecule has 0 spiro atoms. The van der Waals surface area contributed by atoms with E-state index >= 15 is 0 Å². The first-order valence-corrected chi connectivity index (χ1v) is 16.4. The summed E-state index contributed by atoms with van der Waals surface area (Å²) in [5, 5.41) is 4.95. The van der Waals surface area contributed by atoms with Gasteiger partial charge in [0.05, 0.1) is 11.0 Å². The largest absolute Gasteiger partial charge is 0.310 e. The number of nitrogens with zero attached hydrogens (tertiary/aromatic N) is 2. The van der Waals surface area contributed by atoms with Gasteiger partial charge in [-0.3, -0.25) is 0 Å². The maximum Gasteiger partial charge on any atom is 0.0547 e. The monoisotopic (exact) mass is 612 g/mol. The number of para-hydroxylation sites is 1. The van der Waals surface area contributed by atoms with Crippen molar-refractivity contribution in [2.75, 3.05) is 4.90 Å². The number of anilines is 3. The first-order valence-electron chi connectivity index (χ1n) is 16.4. The van der Waals surface area contributed by atoms with Crippen LogP contribution < -0.4 is 4.90 Å². The van der Waals surface area contributed by atoms with Gasteiger partial charge in [-0.25, -0.2) is 0 Å². The molecule has 2 nitrogen and oxygen atoms in total. The third kappa shape index (κ3) is 4.92. The second-order valence-electron chi connectivity index (χ2n) is 12.3. The van der Waals surface area contributed by atoms with E-state index in [0.29, 0.717) is 0 Å². The normalized spacial score (nSPS) is 11.3. The summed E-state index contributed by atoms with van der Waals surface area (Å²) in [5.74, 6) is 0. The van der Waals surface area contributed by atoms with Crippen molar-refractivity contribution in [1.82, 2.24) is 4.57 Å². The molecule has 0 aliphatic rings. The molecule has 0 bridgehead atoms. The van der Waals surface area contributed by atoms with E-state index in [1.165, 1.54) is 54.8 Å². The van der Waals surface area contributed by atoms with E-state index in [1.807, 2.05) is 0 Å². The molecule has 0 saturated carbocycles. The number of rotatable bonds is 6. The highest BCUT2D eigenvalue weighted by Crippen LogP contribution is 2.42. The van der Waals surface area contributed by atoms with Crippen LogP contribution in [0.3, 0.4) is 0 Å². The fourth-order valence-electron chi connectivity index (χ4n) is 7.02. The van der Waals surface area contributed by atoms with E-state index in [-0.39, 0.29) is 0 Å². The van der Waals surface area contributed by atoms with Gasteiger partial charge in [0, 0.05) is 33.5 Å². The van der Waals surface area contributed by atoms with Gasteiger partial charge < -0.3 is 9.47 Å². The van der Waals surface area contributed by atoms with E-state index in [4.69, 9.17) is 0 Å². The van der Waals surface area contributed by atoms with Gasteiger partial charge in [-0.15, -0.1) is 0 Å². The van der Waals surface area contributed by atoms with Gasteiger partial charge in [0.15, 0.2) is 0 Å². The van der Waals surface area contributed by atoms with Crippen LogP contribution in [0.15, 0.2) is 194 Å². The Morgan fingerprint density at radius 1 is 0.312 bits per heavy atom. The zero-order valence-electron chi connectivity index (χ0n) is 26.4. The van der Waals surface area contributed by atoms with Crippen LogP contribution in [0.25, 0.3) is 60.5 Å². The smallest absolute Gasteiger partial charge is 0.0547 e. The molecule has 9 aromatic rings. The predicted molar refractivity (Wildman–Crippen MR) is 204 cm³/mol. The summed E-state index contributed by atoms with van der Waals surface area (Å²) in [6, 6.07) is 69.9. The van der Waals surface area contributed by atoms with Crippen molar-refractivity contribution in [3.05, 3.63) is 194 Å². The van der Waals surface area contributed by atoms with Crippen molar-refractivity contribution in [3.63, 3.8) is 0 Å². The Hall–Kier alpha value is -6.38. The van der Waals surface area contributed by atoms with Gasteiger partial charge >= 0.3 is 0 Å². The Bertz CT molecular complexity index is 2530. The molecule has 226 valence electrons. The molecule has 0 atom stereocenters. The molecule has 0 radical (unpaired) electrons. The molecule has 0 aliphatic carbocycles. The van der Waals surface area contributed by atoms with Gasteiger partial charge in [-0.05, 0) is 99.8 Å². The van der Waals surface area contributed by atoms with E-state index in [1.54, 1.807) is 0 Å². The molecule has 0 fully saturated rings. The van der Waals surface area contributed by atoms with Crippen LogP contribution in [-0.2, 0) is 0 Å². The van der Waals surface area contributed by atoms with Crippen LogP contribution in [0.4, 0.5) is 17.1 Å². The molecule has 0 aliphatic heterocycles. The van der Waals surface area contributed by atoms with Crippen LogP contribution in [-0.4, -0.2) is 4.57 Å². The molecule has 0 unspecified atom stereocenters. The second kappa shape index (κ2) is 11.8. The molecule has 0 N–H and O–H groups in total. The van der Waals surface area contributed by atoms with Gasteiger partial charge in [-0.1, -0.05) is 127 Å². The SMILES string of the molecule is c1ccc(-c2ccc(N(c3cccc(-c4ccccc4)c3)c3ccc4c(c3)c3cc5ccccc5cc3n4-c3ccccc3)cc2)cc1. The summed E-state index contributed by atoms with van der Waals surface area (Å²) >= 11 is 0. The fraction of sp³-hybridized carbons (Fsp3) is 0. The van der Waals surface area contributed by atoms with E-state index in [9.17, 15) is 0 Å². The lowest BCUT2D eigenvalue weighted by molar-refractivity contribution is 1.18. The third-order valence-corrected chi connectivity index (χ3v) is 9.33. The highest BCUT2D eigenvalue weighted by atomic mass is 15.1. The van der Waals surface area contributed by atoms with Crippen molar-refractivity contribution in [2.24, 2.45) is 0 Å². The first kappa shape index (κ1) is 27.9. The van der Waals surface area contributed by atoms with E-state index in [0.717, 1.165) is 22.7 Å². The second-order valence-corrected chi connectivity index (χ2v) is 12.3. The van der Waals surface area contributed by atoms with Gasteiger partial charge in [-0.2, -0.15) is 0 Å². The molecule has 8 aromatic carbocycles. The highest BCUT2D eigenvalue weighted by molar-refractivity contribution is 6.14. The molecule has 48 heavy (non-hydrogen) atoms. The van der Waals surface area contributed by atoms with Gasteiger partial charge in [0.25, 0.3) is 0 Å². The summed E-state index contributed by atoms with van der Waals surface area (Å²) in [4.78, 5) is 2.38. The van der Waals surface area contributed by atoms with Crippen molar-refractivity contribution in [2.45, 2.75) is 0 Å². The van der Waals surface area contributed by atoms with E-state index in [2.05, 4.69) is 204 Å². The molecule has 1 aromatic heterocycles. The minimum absolute atomic E-state index is 1.11. The van der Waals surface area contributed by atoms with Crippen LogP contribution in [0.5, 0.6) is 0 Å². The summed E-state index contributed by atoms with van der Waals surface area (Å²) in [7, 11) is 0. The van der Waals surface area contributed by atoms with Crippen molar-refractivity contribution in [1.29, 1.82) is 0 Å². The number of aromatic nitrogens is 1. The summed E-state index contributed by atoms with van der Waals surface area (Å²) < 4.78 is 2.40. The molecule has 9 rings (SSSR count). The molecule has 2 heteroatoms. The Morgan fingerprint density at radius 3 is 1.54 bits per heavy atom. The minimum Gasteiger partial charge on any atom is -0.310 e. The molecular formula is C46H32N2. The lowest BCUT2D eigenvalue weighted by Crippen LogP contribution is -2.10. The number of hydrogen-bond acceptors (Lipinski definition) is 1. The maximum atomic E-state index is 2.40. The summed E-state index contributed by atoms with van der Waals surface area (Å²) in [6.07, 6.45) is 0. The van der Waals surface area contributed by atoms with Crippen LogP contribution in [0.1, 0.15) is 0 Å². The molecular weight excluding hydrogens is 581 g/mol. The zero-order chi connectivity index (χ0) is 31.9. The third-order valence-electron chi connectivity index (χ3n) is 9.33. The number of fused-ring (bicyclic) bond motifs is 4. The lowest BCUT2D eigenvalue weighted by atomic mass is 10.0. The maximum absolute atomic E-state index is 2.40. The number of hydrogen-bond donors (Lipinski definition) is 0. The first-order chi connectivity index (χ1) is 23.8. The quantitative estimate of drug-likeness (QED) is 0.181. The average Bonchev–Trinajstić information content (AvgIpc) is 3.48. The Balaban J connectivity index is 1.27. The standard InChI is InChI=1S/C46H32N2/c1-4-13-33(14-5-1)35-23-25-40(26-24-35)47(41-22-12-19-36(29-41)34-15-6-2-7-16-34)42-27-28-45-44(32-42)43-30-37-17-10-11-18-38(37)31-46(43)48(45)39-20-8-3-9-21-39/h1-32H. The molecule has 0 saturated heterocycles. The topological polar surface area (TPSA) is 8.17 Å². The fourth-order valence-corrected chi connectivity index (χ4v) is 7.02. The zero-order valence-corrected chi connectivity index (χ0v) is 26.4. The van der Waals surface area contributed by atoms with Gasteiger partial charge in [0.2, 0.25) is 0 Å². The Labute approximate surface area is 280 Å². The van der Waals surface area contributed by atoms with Crippen LogP contribution in [0, 0.1) is 0 Å². The molecule has 0 amide bonds. The number of benzene rings is 8. The Kier molecular flexibility index (Phi) is 6.84. The summed E-state index contributed by atoms with van der Waals surface area (Å²) in [6.45, 7) is 0. The van der Waals surface area contributed by atoms with Crippen molar-refractivity contribution in [3.8, 4) is 27.9 Å².